The zero-order chi connectivity index (χ0) is 18.5. The second-order valence-corrected chi connectivity index (χ2v) is 8.19. The van der Waals surface area contributed by atoms with Crippen molar-refractivity contribution in [1.29, 1.82) is 0 Å². The predicted molar refractivity (Wildman–Crippen MR) is 112 cm³/mol. The zero-order valence-corrected chi connectivity index (χ0v) is 17.5. The maximum absolute atomic E-state index is 12.3. The monoisotopic (exact) mass is 448 g/mol. The highest BCUT2D eigenvalue weighted by atomic mass is 79.9. The number of carbonyl (C=O) groups excluding carboxylic acids is 1. The molecule has 0 atom stereocenters. The average Bonchev–Trinajstić information content (AvgIpc) is 3.09. The normalized spacial score (nSPS) is 10.6. The standard InChI is InChI=1S/C19H17BrN2O2S2/c1-13(23)22(17-8-3-4-9-18(17)24-2)19-21-15(12-26-19)11-25-16-7-5-6-14(20)10-16/h3-10,12H,11H2,1-2H3. The number of aromatic nitrogens is 1. The summed E-state index contributed by atoms with van der Waals surface area (Å²) >= 11 is 6.65. The summed E-state index contributed by atoms with van der Waals surface area (Å²) in [6.45, 7) is 1.53. The van der Waals surface area contributed by atoms with E-state index < -0.39 is 0 Å². The highest BCUT2D eigenvalue weighted by molar-refractivity contribution is 9.10. The second-order valence-electron chi connectivity index (χ2n) is 5.39. The van der Waals surface area contributed by atoms with Gasteiger partial charge in [0.25, 0.3) is 0 Å². The van der Waals surface area contributed by atoms with E-state index in [1.807, 2.05) is 41.8 Å². The fourth-order valence-electron chi connectivity index (χ4n) is 2.40. The first-order chi connectivity index (χ1) is 12.6. The summed E-state index contributed by atoms with van der Waals surface area (Å²) in [5.74, 6) is 1.28. The first-order valence-electron chi connectivity index (χ1n) is 7.85. The Kier molecular flexibility index (Phi) is 6.34. The SMILES string of the molecule is COc1ccccc1N(C(C)=O)c1nc(CSc2cccc(Br)c2)cs1. The molecule has 3 rings (SSSR count). The summed E-state index contributed by atoms with van der Waals surface area (Å²) in [7, 11) is 1.60. The molecular weight excluding hydrogens is 432 g/mol. The molecule has 26 heavy (non-hydrogen) atoms. The van der Waals surface area contributed by atoms with Crippen LogP contribution in [0.3, 0.4) is 0 Å². The van der Waals surface area contributed by atoms with E-state index in [2.05, 4.69) is 33.0 Å². The van der Waals surface area contributed by atoms with Gasteiger partial charge in [-0.25, -0.2) is 4.98 Å². The van der Waals surface area contributed by atoms with E-state index >= 15 is 0 Å². The van der Waals surface area contributed by atoms with E-state index in [1.165, 1.54) is 23.2 Å². The average molecular weight is 449 g/mol. The Morgan fingerprint density at radius 1 is 1.27 bits per heavy atom. The van der Waals surface area contributed by atoms with Crippen LogP contribution in [-0.4, -0.2) is 18.0 Å². The fraction of sp³-hybridized carbons (Fsp3) is 0.158. The molecule has 0 N–H and O–H groups in total. The lowest BCUT2D eigenvalue weighted by atomic mass is 10.2. The lowest BCUT2D eigenvalue weighted by molar-refractivity contribution is -0.115. The number of para-hydroxylation sites is 2. The molecule has 0 aliphatic rings. The minimum absolute atomic E-state index is 0.102. The quantitative estimate of drug-likeness (QED) is 0.440. The molecule has 0 fully saturated rings. The molecule has 0 bridgehead atoms. The van der Waals surface area contributed by atoms with Gasteiger partial charge in [0.2, 0.25) is 5.91 Å². The summed E-state index contributed by atoms with van der Waals surface area (Å²) < 4.78 is 6.45. The summed E-state index contributed by atoms with van der Waals surface area (Å²) in [5.41, 5.74) is 1.64. The number of anilines is 2. The van der Waals surface area contributed by atoms with Crippen molar-refractivity contribution >= 4 is 55.8 Å². The molecule has 3 aromatic rings. The van der Waals surface area contributed by atoms with Gasteiger partial charge in [-0.05, 0) is 30.3 Å². The fourth-order valence-corrected chi connectivity index (χ4v) is 4.78. The van der Waals surface area contributed by atoms with Crippen molar-refractivity contribution in [3.05, 3.63) is 64.1 Å². The summed E-state index contributed by atoms with van der Waals surface area (Å²) in [4.78, 5) is 19.7. The maximum Gasteiger partial charge on any atom is 0.230 e. The number of nitrogens with zero attached hydrogens (tertiary/aromatic N) is 2. The molecule has 0 unspecified atom stereocenters. The van der Waals surface area contributed by atoms with Gasteiger partial charge in [0.05, 0.1) is 18.5 Å². The van der Waals surface area contributed by atoms with Gasteiger partial charge in [-0.15, -0.1) is 23.1 Å². The molecule has 4 nitrogen and oxygen atoms in total. The molecule has 1 heterocycles. The number of ether oxygens (including phenoxy) is 1. The van der Waals surface area contributed by atoms with Gasteiger partial charge in [0, 0.05) is 27.4 Å². The molecule has 0 saturated carbocycles. The van der Waals surface area contributed by atoms with Crippen LogP contribution in [0.2, 0.25) is 0 Å². The van der Waals surface area contributed by atoms with Crippen molar-refractivity contribution in [2.45, 2.75) is 17.6 Å². The van der Waals surface area contributed by atoms with Gasteiger partial charge >= 0.3 is 0 Å². The number of methoxy groups -OCH3 is 1. The maximum atomic E-state index is 12.3. The van der Waals surface area contributed by atoms with E-state index in [4.69, 9.17) is 4.74 Å². The first kappa shape index (κ1) is 18.9. The molecule has 0 saturated heterocycles. The number of thiazole rings is 1. The lowest BCUT2D eigenvalue weighted by Crippen LogP contribution is -2.23. The Morgan fingerprint density at radius 2 is 2.08 bits per heavy atom. The number of rotatable bonds is 6. The van der Waals surface area contributed by atoms with Crippen molar-refractivity contribution in [2.24, 2.45) is 0 Å². The van der Waals surface area contributed by atoms with Gasteiger partial charge in [-0.3, -0.25) is 9.69 Å². The highest BCUT2D eigenvalue weighted by Gasteiger charge is 2.21. The van der Waals surface area contributed by atoms with Crippen LogP contribution in [-0.2, 0) is 10.5 Å². The zero-order valence-electron chi connectivity index (χ0n) is 14.3. The summed E-state index contributed by atoms with van der Waals surface area (Å²) in [6.07, 6.45) is 0. The van der Waals surface area contributed by atoms with Crippen LogP contribution < -0.4 is 9.64 Å². The van der Waals surface area contributed by atoms with E-state index in [1.54, 1.807) is 23.8 Å². The van der Waals surface area contributed by atoms with Crippen LogP contribution >= 0.6 is 39.0 Å². The Hall–Kier alpha value is -1.83. The van der Waals surface area contributed by atoms with E-state index in [9.17, 15) is 4.79 Å². The number of hydrogen-bond acceptors (Lipinski definition) is 5. The van der Waals surface area contributed by atoms with Crippen LogP contribution in [0, 0.1) is 0 Å². The number of carbonyl (C=O) groups is 1. The summed E-state index contributed by atoms with van der Waals surface area (Å²) in [5, 5.41) is 2.64. The Bertz CT molecular complexity index is 914. The number of halogens is 1. The van der Waals surface area contributed by atoms with Gasteiger partial charge in [0.15, 0.2) is 5.13 Å². The van der Waals surface area contributed by atoms with Crippen LogP contribution in [0.4, 0.5) is 10.8 Å². The third kappa shape index (κ3) is 4.47. The molecule has 0 aliphatic heterocycles. The summed E-state index contributed by atoms with van der Waals surface area (Å²) in [6, 6.07) is 15.6. The van der Waals surface area contributed by atoms with Gasteiger partial charge in [-0.2, -0.15) is 0 Å². The molecular formula is C19H17BrN2O2S2. The third-order valence-electron chi connectivity index (χ3n) is 3.55. The van der Waals surface area contributed by atoms with Crippen molar-refractivity contribution in [3.8, 4) is 5.75 Å². The minimum Gasteiger partial charge on any atom is -0.495 e. The Morgan fingerprint density at radius 3 is 2.81 bits per heavy atom. The number of amides is 1. The van der Waals surface area contributed by atoms with Crippen LogP contribution in [0.5, 0.6) is 5.75 Å². The van der Waals surface area contributed by atoms with E-state index in [0.717, 1.165) is 15.9 Å². The molecule has 1 amide bonds. The van der Waals surface area contributed by atoms with Crippen LogP contribution in [0.25, 0.3) is 0 Å². The topological polar surface area (TPSA) is 42.4 Å². The number of benzene rings is 2. The molecule has 7 heteroatoms. The van der Waals surface area contributed by atoms with Gasteiger partial charge in [-0.1, -0.05) is 34.1 Å². The smallest absolute Gasteiger partial charge is 0.230 e. The number of hydrogen-bond donors (Lipinski definition) is 0. The molecule has 0 aliphatic carbocycles. The second kappa shape index (κ2) is 8.70. The molecule has 0 radical (unpaired) electrons. The Labute approximate surface area is 169 Å². The molecule has 1 aromatic heterocycles. The van der Waals surface area contributed by atoms with Crippen LogP contribution in [0.1, 0.15) is 12.6 Å². The van der Waals surface area contributed by atoms with Gasteiger partial charge < -0.3 is 4.74 Å². The van der Waals surface area contributed by atoms with Crippen molar-refractivity contribution < 1.29 is 9.53 Å². The minimum atomic E-state index is -0.102. The van der Waals surface area contributed by atoms with E-state index in [-0.39, 0.29) is 5.91 Å². The predicted octanol–water partition coefficient (Wildman–Crippen LogP) is 5.89. The largest absolute Gasteiger partial charge is 0.495 e. The van der Waals surface area contributed by atoms with Crippen molar-refractivity contribution in [1.82, 2.24) is 4.98 Å². The molecule has 2 aromatic carbocycles. The van der Waals surface area contributed by atoms with E-state index in [0.29, 0.717) is 16.6 Å². The first-order valence-corrected chi connectivity index (χ1v) is 10.5. The third-order valence-corrected chi connectivity index (χ3v) is 5.95. The van der Waals surface area contributed by atoms with Crippen molar-refractivity contribution in [3.63, 3.8) is 0 Å². The molecule has 134 valence electrons. The number of thioether (sulfide) groups is 1. The highest BCUT2D eigenvalue weighted by Crippen LogP contribution is 2.36. The molecule has 0 spiro atoms. The van der Waals surface area contributed by atoms with Crippen molar-refractivity contribution in [2.75, 3.05) is 12.0 Å². The van der Waals surface area contributed by atoms with Crippen LogP contribution in [0.15, 0.2) is 63.3 Å². The lowest BCUT2D eigenvalue weighted by Gasteiger charge is -2.20. The van der Waals surface area contributed by atoms with Gasteiger partial charge in [0.1, 0.15) is 5.75 Å². The Balaban J connectivity index is 1.81.